The maximum Gasteiger partial charge on any atom is 0.278 e. The van der Waals surface area contributed by atoms with Gasteiger partial charge in [0, 0.05) is 24.2 Å². The predicted octanol–water partition coefficient (Wildman–Crippen LogP) is 2.85. The minimum atomic E-state index is -0.220. The lowest BCUT2D eigenvalue weighted by Crippen LogP contribution is -2.44. The summed E-state index contributed by atoms with van der Waals surface area (Å²) in [5.74, 6) is -0.418. The molecule has 0 spiro atoms. The average Bonchev–Trinajstić information content (AvgIpc) is 2.86. The van der Waals surface area contributed by atoms with Crippen LogP contribution in [0.15, 0.2) is 30.0 Å². The zero-order valence-electron chi connectivity index (χ0n) is 15.8. The van der Waals surface area contributed by atoms with Crippen molar-refractivity contribution in [2.45, 2.75) is 38.8 Å². The number of amides is 2. The molecule has 0 saturated carbocycles. The van der Waals surface area contributed by atoms with Crippen molar-refractivity contribution in [3.8, 4) is 0 Å². The third-order valence-electron chi connectivity index (χ3n) is 5.33. The number of nitrogens with zero attached hydrogens (tertiary/aromatic N) is 3. The van der Waals surface area contributed by atoms with Gasteiger partial charge in [0.1, 0.15) is 5.70 Å². The number of rotatable bonds is 4. The standard InChI is InChI=1S/C20H26ClN3O2/c1-13(2)24-19(25)17(14-5-7-15(21)8-6-14)18(20(24)26)23(4)16-9-11-22(3)12-10-16/h5-8,13,16H,9-12H2,1-4H3. The van der Waals surface area contributed by atoms with Crippen LogP contribution in [0, 0.1) is 0 Å². The van der Waals surface area contributed by atoms with Crippen LogP contribution in [0.2, 0.25) is 5.02 Å². The Balaban J connectivity index is 2.03. The SMILES string of the molecule is CC(C)N1C(=O)C(c2ccc(Cl)cc2)=C(N(C)C2CCN(C)CC2)C1=O. The lowest BCUT2D eigenvalue weighted by molar-refractivity contribution is -0.139. The van der Waals surface area contributed by atoms with E-state index in [0.29, 0.717) is 16.3 Å². The Labute approximate surface area is 160 Å². The number of imide groups is 1. The first-order valence-corrected chi connectivity index (χ1v) is 9.48. The van der Waals surface area contributed by atoms with E-state index >= 15 is 0 Å². The molecule has 0 radical (unpaired) electrons. The first-order chi connectivity index (χ1) is 12.3. The quantitative estimate of drug-likeness (QED) is 0.759. The maximum atomic E-state index is 13.1. The van der Waals surface area contributed by atoms with Crippen LogP contribution < -0.4 is 0 Å². The summed E-state index contributed by atoms with van der Waals surface area (Å²) in [5.41, 5.74) is 1.74. The second-order valence-corrected chi connectivity index (χ2v) is 7.89. The Morgan fingerprint density at radius 3 is 2.19 bits per heavy atom. The number of hydrogen-bond acceptors (Lipinski definition) is 4. The van der Waals surface area contributed by atoms with Gasteiger partial charge in [-0.05, 0) is 64.5 Å². The molecule has 1 aromatic rings. The second-order valence-electron chi connectivity index (χ2n) is 7.45. The molecule has 1 aromatic carbocycles. The van der Waals surface area contributed by atoms with Crippen molar-refractivity contribution in [2.24, 2.45) is 0 Å². The normalized spacial score (nSPS) is 19.8. The van der Waals surface area contributed by atoms with Crippen molar-refractivity contribution in [2.75, 3.05) is 27.2 Å². The van der Waals surface area contributed by atoms with E-state index in [4.69, 9.17) is 11.6 Å². The van der Waals surface area contributed by atoms with E-state index in [-0.39, 0.29) is 23.9 Å². The molecule has 2 aliphatic rings. The summed E-state index contributed by atoms with van der Waals surface area (Å²) in [4.78, 5) is 31.9. The Hall–Kier alpha value is -1.85. The maximum absolute atomic E-state index is 13.1. The molecular weight excluding hydrogens is 350 g/mol. The highest BCUT2D eigenvalue weighted by atomic mass is 35.5. The molecule has 0 N–H and O–H groups in total. The van der Waals surface area contributed by atoms with E-state index in [2.05, 4.69) is 11.9 Å². The number of likely N-dealkylation sites (tertiary alicyclic amines) is 1. The van der Waals surface area contributed by atoms with Gasteiger partial charge in [-0.3, -0.25) is 14.5 Å². The van der Waals surface area contributed by atoms with Crippen LogP contribution in [-0.2, 0) is 9.59 Å². The molecule has 2 amide bonds. The Morgan fingerprint density at radius 2 is 1.65 bits per heavy atom. The van der Waals surface area contributed by atoms with E-state index in [9.17, 15) is 9.59 Å². The third-order valence-corrected chi connectivity index (χ3v) is 5.58. The number of halogens is 1. The van der Waals surface area contributed by atoms with Gasteiger partial charge in [0.05, 0.1) is 5.57 Å². The van der Waals surface area contributed by atoms with Crippen molar-refractivity contribution in [3.05, 3.63) is 40.5 Å². The molecule has 2 heterocycles. The largest absolute Gasteiger partial charge is 0.366 e. The lowest BCUT2D eigenvalue weighted by atomic mass is 10.0. The predicted molar refractivity (Wildman–Crippen MR) is 104 cm³/mol. The smallest absolute Gasteiger partial charge is 0.278 e. The average molecular weight is 376 g/mol. The van der Waals surface area contributed by atoms with Crippen LogP contribution >= 0.6 is 11.6 Å². The van der Waals surface area contributed by atoms with Gasteiger partial charge in [-0.25, -0.2) is 0 Å². The summed E-state index contributed by atoms with van der Waals surface area (Å²) in [5, 5.41) is 0.608. The molecule has 2 aliphatic heterocycles. The first-order valence-electron chi connectivity index (χ1n) is 9.10. The van der Waals surface area contributed by atoms with E-state index in [0.717, 1.165) is 31.5 Å². The van der Waals surface area contributed by atoms with E-state index in [1.165, 1.54) is 4.90 Å². The zero-order chi connectivity index (χ0) is 19.0. The molecule has 0 bridgehead atoms. The van der Waals surface area contributed by atoms with Crippen LogP contribution in [0.5, 0.6) is 0 Å². The number of carbonyl (C=O) groups excluding carboxylic acids is 2. The Bertz CT molecular complexity index is 734. The molecular formula is C20H26ClN3O2. The van der Waals surface area contributed by atoms with Crippen LogP contribution in [-0.4, -0.2) is 65.8 Å². The Kier molecular flexibility index (Phi) is 5.39. The topological polar surface area (TPSA) is 43.9 Å². The number of benzene rings is 1. The van der Waals surface area contributed by atoms with Crippen LogP contribution in [0.25, 0.3) is 5.57 Å². The summed E-state index contributed by atoms with van der Waals surface area (Å²) in [6.45, 7) is 5.73. The van der Waals surface area contributed by atoms with Crippen molar-refractivity contribution in [3.63, 3.8) is 0 Å². The molecule has 0 atom stereocenters. The fourth-order valence-corrected chi connectivity index (χ4v) is 3.90. The molecule has 0 aromatic heterocycles. The second kappa shape index (κ2) is 7.41. The zero-order valence-corrected chi connectivity index (χ0v) is 16.6. The highest BCUT2D eigenvalue weighted by Gasteiger charge is 2.43. The molecule has 140 valence electrons. The first kappa shape index (κ1) is 18.9. The third kappa shape index (κ3) is 3.38. The van der Waals surface area contributed by atoms with Crippen molar-refractivity contribution < 1.29 is 9.59 Å². The van der Waals surface area contributed by atoms with E-state index in [1.807, 2.05) is 37.9 Å². The van der Waals surface area contributed by atoms with Gasteiger partial charge in [-0.2, -0.15) is 0 Å². The number of carbonyl (C=O) groups is 2. The molecule has 1 fully saturated rings. The minimum Gasteiger partial charge on any atom is -0.366 e. The van der Waals surface area contributed by atoms with Gasteiger partial charge >= 0.3 is 0 Å². The van der Waals surface area contributed by atoms with E-state index < -0.39 is 0 Å². The van der Waals surface area contributed by atoms with Crippen LogP contribution in [0.4, 0.5) is 0 Å². The van der Waals surface area contributed by atoms with Crippen molar-refractivity contribution >= 4 is 29.0 Å². The van der Waals surface area contributed by atoms with Crippen LogP contribution in [0.1, 0.15) is 32.3 Å². The number of likely N-dealkylation sites (N-methyl/N-ethyl adjacent to an activating group) is 1. The fraction of sp³-hybridized carbons (Fsp3) is 0.500. The van der Waals surface area contributed by atoms with Gasteiger partial charge in [0.2, 0.25) is 0 Å². The summed E-state index contributed by atoms with van der Waals surface area (Å²) in [6, 6.07) is 7.22. The number of piperidine rings is 1. The van der Waals surface area contributed by atoms with Crippen LogP contribution in [0.3, 0.4) is 0 Å². The van der Waals surface area contributed by atoms with E-state index in [1.54, 1.807) is 12.1 Å². The summed E-state index contributed by atoms with van der Waals surface area (Å²) < 4.78 is 0. The monoisotopic (exact) mass is 375 g/mol. The summed E-state index contributed by atoms with van der Waals surface area (Å²) >= 11 is 6.00. The fourth-order valence-electron chi connectivity index (χ4n) is 3.77. The van der Waals surface area contributed by atoms with Gasteiger partial charge in [-0.15, -0.1) is 0 Å². The molecule has 6 heteroatoms. The van der Waals surface area contributed by atoms with Gasteiger partial charge < -0.3 is 9.80 Å². The molecule has 26 heavy (non-hydrogen) atoms. The summed E-state index contributed by atoms with van der Waals surface area (Å²) in [7, 11) is 4.05. The molecule has 0 aliphatic carbocycles. The molecule has 3 rings (SSSR count). The molecule has 5 nitrogen and oxygen atoms in total. The minimum absolute atomic E-state index is 0.180. The van der Waals surface area contributed by atoms with Crippen molar-refractivity contribution in [1.82, 2.24) is 14.7 Å². The van der Waals surface area contributed by atoms with Gasteiger partial charge in [-0.1, -0.05) is 23.7 Å². The van der Waals surface area contributed by atoms with Gasteiger partial charge in [0.15, 0.2) is 0 Å². The highest BCUT2D eigenvalue weighted by molar-refractivity contribution is 6.36. The van der Waals surface area contributed by atoms with Gasteiger partial charge in [0.25, 0.3) is 11.8 Å². The Morgan fingerprint density at radius 1 is 1.08 bits per heavy atom. The highest BCUT2D eigenvalue weighted by Crippen LogP contribution is 2.34. The van der Waals surface area contributed by atoms with Crippen molar-refractivity contribution in [1.29, 1.82) is 0 Å². The lowest BCUT2D eigenvalue weighted by Gasteiger charge is -2.36. The molecule has 1 saturated heterocycles. The number of hydrogen-bond donors (Lipinski definition) is 0. The molecule has 0 unspecified atom stereocenters. The summed E-state index contributed by atoms with van der Waals surface area (Å²) in [6.07, 6.45) is 1.96.